The van der Waals surface area contributed by atoms with Crippen LogP contribution in [0.15, 0.2) is 54.6 Å². The van der Waals surface area contributed by atoms with Crippen molar-refractivity contribution in [2.45, 2.75) is 12.7 Å². The molecular formula is C20H23NO7S. The van der Waals surface area contributed by atoms with E-state index in [2.05, 4.69) is 4.74 Å². The van der Waals surface area contributed by atoms with Crippen LogP contribution in [0.5, 0.6) is 0 Å². The third-order valence-corrected chi connectivity index (χ3v) is 4.53. The number of amides is 1. The minimum atomic E-state index is -3.80. The van der Waals surface area contributed by atoms with E-state index in [1.54, 1.807) is 12.1 Å². The lowest BCUT2D eigenvalue weighted by atomic mass is 10.1. The zero-order valence-corrected chi connectivity index (χ0v) is 17.2. The monoisotopic (exact) mass is 421 g/mol. The Bertz CT molecular complexity index is 927. The summed E-state index contributed by atoms with van der Waals surface area (Å²) in [6.45, 7) is 0.0215. The molecule has 0 aliphatic heterocycles. The highest BCUT2D eigenvalue weighted by Crippen LogP contribution is 2.22. The number of carbonyl (C=O) groups is 2. The lowest BCUT2D eigenvalue weighted by Crippen LogP contribution is -2.33. The third-order valence-electron chi connectivity index (χ3n) is 3.95. The van der Waals surface area contributed by atoms with Crippen molar-refractivity contribution in [1.82, 2.24) is 4.90 Å². The molecule has 0 saturated carbocycles. The Hall–Kier alpha value is -2.91. The van der Waals surface area contributed by atoms with E-state index in [0.717, 1.165) is 11.8 Å². The molecule has 1 atom stereocenters. The molecule has 1 unspecified atom stereocenters. The molecule has 0 fully saturated rings. The van der Waals surface area contributed by atoms with Gasteiger partial charge in [0.05, 0.1) is 25.5 Å². The molecule has 2 aromatic carbocycles. The molecular weight excluding hydrogens is 398 g/mol. The molecule has 0 bridgehead atoms. The second kappa shape index (κ2) is 10.0. The number of esters is 1. The van der Waals surface area contributed by atoms with Crippen LogP contribution in [0.1, 0.15) is 27.6 Å². The highest BCUT2D eigenvalue weighted by Gasteiger charge is 2.23. The maximum absolute atomic E-state index is 12.3. The summed E-state index contributed by atoms with van der Waals surface area (Å²) in [7, 11) is -1.05. The van der Waals surface area contributed by atoms with Crippen LogP contribution in [0, 0.1) is 0 Å². The highest BCUT2D eigenvalue weighted by atomic mass is 32.2. The first-order valence-electron chi connectivity index (χ1n) is 8.68. The summed E-state index contributed by atoms with van der Waals surface area (Å²) in [6, 6.07) is 15.3. The number of carbonyl (C=O) groups excluding carboxylic acids is 2. The topological polar surface area (TPSA) is 99.2 Å². The van der Waals surface area contributed by atoms with Crippen molar-refractivity contribution >= 4 is 22.2 Å². The van der Waals surface area contributed by atoms with Crippen LogP contribution in [-0.2, 0) is 30.4 Å². The average Bonchev–Trinajstić information content (AvgIpc) is 2.70. The molecule has 0 aliphatic rings. The molecule has 0 spiro atoms. The van der Waals surface area contributed by atoms with Gasteiger partial charge in [0.1, 0.15) is 12.7 Å². The van der Waals surface area contributed by atoms with Gasteiger partial charge < -0.3 is 14.4 Å². The summed E-state index contributed by atoms with van der Waals surface area (Å²) >= 11 is 0. The van der Waals surface area contributed by atoms with Crippen LogP contribution >= 0.6 is 0 Å². The van der Waals surface area contributed by atoms with Crippen molar-refractivity contribution in [3.63, 3.8) is 0 Å². The van der Waals surface area contributed by atoms with Crippen LogP contribution in [-0.4, -0.2) is 52.3 Å². The van der Waals surface area contributed by atoms with Gasteiger partial charge in [-0.25, -0.2) is 9.59 Å². The molecule has 156 valence electrons. The van der Waals surface area contributed by atoms with E-state index in [-0.39, 0.29) is 13.2 Å². The van der Waals surface area contributed by atoms with E-state index in [0.29, 0.717) is 11.1 Å². The molecule has 9 heteroatoms. The number of nitrogens with zero attached hydrogens (tertiary/aromatic N) is 1. The van der Waals surface area contributed by atoms with Gasteiger partial charge in [-0.2, -0.15) is 8.42 Å². The molecule has 0 aromatic heterocycles. The van der Waals surface area contributed by atoms with Crippen LogP contribution in [0.2, 0.25) is 0 Å². The van der Waals surface area contributed by atoms with Crippen molar-refractivity contribution in [2.75, 3.05) is 27.0 Å². The number of likely N-dealkylation sites (N-methyl/N-ethyl adjacent to an activating group) is 1. The Balaban J connectivity index is 2.09. The average molecular weight is 421 g/mol. The minimum absolute atomic E-state index is 0.0712. The van der Waals surface area contributed by atoms with E-state index >= 15 is 0 Å². The summed E-state index contributed by atoms with van der Waals surface area (Å²) in [5.41, 5.74) is 1.62. The predicted molar refractivity (Wildman–Crippen MR) is 106 cm³/mol. The van der Waals surface area contributed by atoms with Gasteiger partial charge in [0.2, 0.25) is 0 Å². The highest BCUT2D eigenvalue weighted by molar-refractivity contribution is 7.86. The largest absolute Gasteiger partial charge is 0.465 e. The fourth-order valence-electron chi connectivity index (χ4n) is 2.51. The van der Waals surface area contributed by atoms with E-state index in [1.165, 1.54) is 31.2 Å². The maximum Gasteiger partial charge on any atom is 0.409 e. The zero-order valence-electron chi connectivity index (χ0n) is 16.4. The molecule has 0 aliphatic carbocycles. The van der Waals surface area contributed by atoms with Crippen LogP contribution in [0.4, 0.5) is 4.79 Å². The SMILES string of the molecule is COC(=O)c1ccc(C(CN(C)C(=O)OCc2ccccc2)OS(C)(=O)=O)cc1. The molecule has 2 rings (SSSR count). The zero-order chi connectivity index (χ0) is 21.4. The number of methoxy groups -OCH3 is 1. The molecule has 0 N–H and O–H groups in total. The Morgan fingerprint density at radius 1 is 1.03 bits per heavy atom. The van der Waals surface area contributed by atoms with E-state index in [9.17, 15) is 18.0 Å². The number of hydrogen-bond acceptors (Lipinski definition) is 7. The number of ether oxygens (including phenoxy) is 2. The standard InChI is InChI=1S/C20H23NO7S/c1-21(20(23)27-14-15-7-5-4-6-8-15)13-18(28-29(3,24)25)16-9-11-17(12-10-16)19(22)26-2/h4-12,18H,13-14H2,1-3H3. The van der Waals surface area contributed by atoms with Gasteiger partial charge in [-0.3, -0.25) is 4.18 Å². The van der Waals surface area contributed by atoms with Crippen molar-refractivity contribution in [2.24, 2.45) is 0 Å². The quantitative estimate of drug-likeness (QED) is 0.477. The Labute approximate surface area is 170 Å². The van der Waals surface area contributed by atoms with Gasteiger partial charge in [-0.15, -0.1) is 0 Å². The number of hydrogen-bond donors (Lipinski definition) is 0. The van der Waals surface area contributed by atoms with Crippen molar-refractivity contribution in [3.8, 4) is 0 Å². The first-order valence-corrected chi connectivity index (χ1v) is 10.5. The van der Waals surface area contributed by atoms with E-state index in [1.807, 2.05) is 30.3 Å². The van der Waals surface area contributed by atoms with Crippen molar-refractivity contribution < 1.29 is 31.7 Å². The van der Waals surface area contributed by atoms with Gasteiger partial charge in [0, 0.05) is 7.05 Å². The predicted octanol–water partition coefficient (Wildman–Crippen LogP) is 2.76. The second-order valence-corrected chi connectivity index (χ2v) is 7.92. The fraction of sp³-hybridized carbons (Fsp3) is 0.300. The molecule has 1 amide bonds. The lowest BCUT2D eigenvalue weighted by molar-refractivity contribution is 0.0600. The van der Waals surface area contributed by atoms with Crippen LogP contribution in [0.25, 0.3) is 0 Å². The van der Waals surface area contributed by atoms with Crippen molar-refractivity contribution in [1.29, 1.82) is 0 Å². The summed E-state index contributed by atoms with van der Waals surface area (Å²) in [5, 5.41) is 0. The van der Waals surface area contributed by atoms with Gasteiger partial charge in [0.25, 0.3) is 10.1 Å². The molecule has 0 saturated heterocycles. The van der Waals surface area contributed by atoms with Crippen molar-refractivity contribution in [3.05, 3.63) is 71.3 Å². The molecule has 0 radical (unpaired) electrons. The third kappa shape index (κ3) is 7.20. The normalized spacial score (nSPS) is 12.1. The molecule has 2 aromatic rings. The van der Waals surface area contributed by atoms with E-state index < -0.39 is 28.3 Å². The maximum atomic E-state index is 12.3. The van der Waals surface area contributed by atoms with E-state index in [4.69, 9.17) is 8.92 Å². The Kier molecular flexibility index (Phi) is 7.74. The first-order chi connectivity index (χ1) is 13.7. The second-order valence-electron chi connectivity index (χ2n) is 6.32. The first kappa shape index (κ1) is 22.4. The Morgan fingerprint density at radius 2 is 1.66 bits per heavy atom. The number of rotatable bonds is 8. The summed E-state index contributed by atoms with van der Waals surface area (Å²) < 4.78 is 38.4. The van der Waals surface area contributed by atoms with Gasteiger partial charge in [0.15, 0.2) is 0 Å². The van der Waals surface area contributed by atoms with Crippen LogP contribution < -0.4 is 0 Å². The van der Waals surface area contributed by atoms with Gasteiger partial charge in [-0.05, 0) is 23.3 Å². The number of benzene rings is 2. The van der Waals surface area contributed by atoms with Crippen LogP contribution in [0.3, 0.4) is 0 Å². The van der Waals surface area contributed by atoms with Gasteiger partial charge >= 0.3 is 12.1 Å². The summed E-state index contributed by atoms with van der Waals surface area (Å²) in [6.07, 6.45) is -0.663. The lowest BCUT2D eigenvalue weighted by Gasteiger charge is -2.23. The smallest absolute Gasteiger partial charge is 0.409 e. The Morgan fingerprint density at radius 3 is 2.21 bits per heavy atom. The molecule has 29 heavy (non-hydrogen) atoms. The molecule has 0 heterocycles. The minimum Gasteiger partial charge on any atom is -0.465 e. The van der Waals surface area contributed by atoms with Gasteiger partial charge in [-0.1, -0.05) is 42.5 Å². The summed E-state index contributed by atoms with van der Waals surface area (Å²) in [4.78, 5) is 25.1. The molecule has 8 nitrogen and oxygen atoms in total. The fourth-order valence-corrected chi connectivity index (χ4v) is 3.10. The summed E-state index contributed by atoms with van der Waals surface area (Å²) in [5.74, 6) is -0.515.